The number of nitrogens with one attached hydrogen (secondary N) is 1. The lowest BCUT2D eigenvalue weighted by molar-refractivity contribution is -0.116. The van der Waals surface area contributed by atoms with Crippen molar-refractivity contribution in [1.82, 2.24) is 5.16 Å². The van der Waals surface area contributed by atoms with Crippen molar-refractivity contribution in [3.63, 3.8) is 0 Å². The molecule has 7 heteroatoms. The molecule has 1 heterocycles. The fourth-order valence-corrected chi connectivity index (χ4v) is 0.827. The second kappa shape index (κ2) is 4.88. The lowest BCUT2D eigenvalue weighted by atomic mass is 10.4. The van der Waals surface area contributed by atoms with Gasteiger partial charge in [-0.2, -0.15) is 0 Å². The van der Waals surface area contributed by atoms with E-state index in [0.717, 1.165) is 0 Å². The van der Waals surface area contributed by atoms with Crippen LogP contribution in [0.3, 0.4) is 0 Å². The first-order valence-corrected chi connectivity index (χ1v) is 3.96. The molecular formula is C7H9N5O2. The summed E-state index contributed by atoms with van der Waals surface area (Å²) in [5.41, 5.74) is 7.97. The van der Waals surface area contributed by atoms with Gasteiger partial charge >= 0.3 is 0 Å². The van der Waals surface area contributed by atoms with Crippen molar-refractivity contribution in [3.05, 3.63) is 22.3 Å². The Kier molecular flexibility index (Phi) is 3.51. The quantitative estimate of drug-likeness (QED) is 0.448. The molecule has 74 valence electrons. The smallest absolute Gasteiger partial charge is 0.225 e. The van der Waals surface area contributed by atoms with Crippen LogP contribution in [0.2, 0.25) is 0 Å². The van der Waals surface area contributed by atoms with Gasteiger partial charge in [0.05, 0.1) is 0 Å². The Bertz CT molecular complexity index is 366. The molecule has 1 aromatic heterocycles. The zero-order chi connectivity index (χ0) is 10.4. The molecule has 1 amide bonds. The molecule has 0 radical (unpaired) electrons. The van der Waals surface area contributed by atoms with E-state index < -0.39 is 0 Å². The molecule has 0 bridgehead atoms. The number of anilines is 1. The summed E-state index contributed by atoms with van der Waals surface area (Å²) in [5.74, 6) is 0.731. The Morgan fingerprint density at radius 1 is 1.86 bits per heavy atom. The van der Waals surface area contributed by atoms with Gasteiger partial charge < -0.3 is 9.84 Å². The zero-order valence-corrected chi connectivity index (χ0v) is 7.60. The minimum absolute atomic E-state index is 0.135. The highest BCUT2D eigenvalue weighted by Gasteiger charge is 2.04. The van der Waals surface area contributed by atoms with E-state index in [1.54, 1.807) is 13.0 Å². The van der Waals surface area contributed by atoms with Gasteiger partial charge in [0.1, 0.15) is 5.76 Å². The van der Waals surface area contributed by atoms with E-state index in [1.165, 1.54) is 0 Å². The maximum Gasteiger partial charge on any atom is 0.225 e. The lowest BCUT2D eigenvalue weighted by Crippen LogP contribution is -2.12. The first-order valence-electron chi connectivity index (χ1n) is 3.96. The van der Waals surface area contributed by atoms with E-state index in [4.69, 9.17) is 10.1 Å². The third kappa shape index (κ3) is 3.16. The molecule has 1 rings (SSSR count). The molecule has 0 aliphatic heterocycles. The molecule has 0 aromatic carbocycles. The molecule has 1 N–H and O–H groups in total. The number of rotatable bonds is 4. The molecule has 0 atom stereocenters. The summed E-state index contributed by atoms with van der Waals surface area (Å²) >= 11 is 0. The number of aromatic nitrogens is 1. The van der Waals surface area contributed by atoms with Crippen molar-refractivity contribution in [1.29, 1.82) is 0 Å². The Hall–Kier alpha value is -2.01. The van der Waals surface area contributed by atoms with Crippen LogP contribution in [0.4, 0.5) is 5.82 Å². The van der Waals surface area contributed by atoms with Crippen LogP contribution in [0.5, 0.6) is 0 Å². The van der Waals surface area contributed by atoms with Crippen molar-refractivity contribution in [3.8, 4) is 0 Å². The lowest BCUT2D eigenvalue weighted by Gasteiger charge is -1.96. The molecule has 0 unspecified atom stereocenters. The van der Waals surface area contributed by atoms with E-state index in [9.17, 15) is 4.79 Å². The SMILES string of the molecule is Cc1cc(NC(=O)CCN=[N+]=[N-])no1. The average Bonchev–Trinajstić information content (AvgIpc) is 2.52. The predicted octanol–water partition coefficient (Wildman–Crippen LogP) is 1.62. The number of hydrogen-bond donors (Lipinski definition) is 1. The van der Waals surface area contributed by atoms with Gasteiger partial charge in [0.2, 0.25) is 5.91 Å². The summed E-state index contributed by atoms with van der Waals surface area (Å²) < 4.78 is 4.74. The largest absolute Gasteiger partial charge is 0.360 e. The number of aryl methyl sites for hydroxylation is 1. The van der Waals surface area contributed by atoms with Gasteiger partial charge in [-0.3, -0.25) is 4.79 Å². The fraction of sp³-hybridized carbons (Fsp3) is 0.429. The summed E-state index contributed by atoms with van der Waals surface area (Å²) in [7, 11) is 0. The van der Waals surface area contributed by atoms with Gasteiger partial charge in [0.25, 0.3) is 0 Å². The highest BCUT2D eigenvalue weighted by Crippen LogP contribution is 2.06. The van der Waals surface area contributed by atoms with E-state index >= 15 is 0 Å². The number of azide groups is 1. The van der Waals surface area contributed by atoms with Crippen LogP contribution in [0.25, 0.3) is 10.4 Å². The van der Waals surface area contributed by atoms with Gasteiger partial charge in [0.15, 0.2) is 5.82 Å². The van der Waals surface area contributed by atoms with E-state index in [0.29, 0.717) is 11.6 Å². The van der Waals surface area contributed by atoms with Crippen molar-refractivity contribution in [2.24, 2.45) is 5.11 Å². The Morgan fingerprint density at radius 2 is 2.64 bits per heavy atom. The van der Waals surface area contributed by atoms with Gasteiger partial charge in [-0.1, -0.05) is 10.3 Å². The Balaban J connectivity index is 2.37. The van der Waals surface area contributed by atoms with Gasteiger partial charge in [-0.25, -0.2) is 0 Å². The maximum atomic E-state index is 11.1. The molecule has 14 heavy (non-hydrogen) atoms. The van der Waals surface area contributed by atoms with Crippen molar-refractivity contribution in [2.45, 2.75) is 13.3 Å². The predicted molar refractivity (Wildman–Crippen MR) is 48.5 cm³/mol. The van der Waals surface area contributed by atoms with E-state index in [1.807, 2.05) is 0 Å². The normalized spacial score (nSPS) is 9.21. The summed E-state index contributed by atoms with van der Waals surface area (Å²) in [4.78, 5) is 13.7. The van der Waals surface area contributed by atoms with Crippen molar-refractivity contribution >= 4 is 11.7 Å². The molecule has 0 saturated heterocycles. The number of carbonyl (C=O) groups is 1. The third-order valence-electron chi connectivity index (χ3n) is 1.40. The molecular weight excluding hydrogens is 186 g/mol. The second-order valence-corrected chi connectivity index (χ2v) is 2.58. The number of hydrogen-bond acceptors (Lipinski definition) is 4. The second-order valence-electron chi connectivity index (χ2n) is 2.58. The molecule has 0 aliphatic rings. The van der Waals surface area contributed by atoms with E-state index in [2.05, 4.69) is 20.5 Å². The van der Waals surface area contributed by atoms with Crippen LogP contribution >= 0.6 is 0 Å². The molecule has 7 nitrogen and oxygen atoms in total. The van der Waals surface area contributed by atoms with Crippen molar-refractivity contribution < 1.29 is 9.32 Å². The van der Waals surface area contributed by atoms with Crippen LogP contribution in [0.1, 0.15) is 12.2 Å². The monoisotopic (exact) mass is 195 g/mol. The maximum absolute atomic E-state index is 11.1. The standard InChI is InChI=1S/C7H9N5O2/c1-5-4-6(11-14-5)10-7(13)2-3-9-12-8/h4H,2-3H2,1H3,(H,10,11,13). The average molecular weight is 195 g/mol. The molecule has 0 saturated carbocycles. The first-order chi connectivity index (χ1) is 6.72. The van der Waals surface area contributed by atoms with Gasteiger partial charge in [0, 0.05) is 23.9 Å². The third-order valence-corrected chi connectivity index (χ3v) is 1.40. The topological polar surface area (TPSA) is 104 Å². The highest BCUT2D eigenvalue weighted by atomic mass is 16.5. The molecule has 1 aromatic rings. The summed E-state index contributed by atoms with van der Waals surface area (Å²) in [5, 5.41) is 9.30. The highest BCUT2D eigenvalue weighted by molar-refractivity contribution is 5.89. The van der Waals surface area contributed by atoms with Crippen LogP contribution < -0.4 is 5.32 Å². The van der Waals surface area contributed by atoms with Gasteiger partial charge in [-0.05, 0) is 12.5 Å². The Morgan fingerprint density at radius 3 is 3.21 bits per heavy atom. The minimum Gasteiger partial charge on any atom is -0.360 e. The van der Waals surface area contributed by atoms with E-state index in [-0.39, 0.29) is 18.9 Å². The number of carbonyl (C=O) groups excluding carboxylic acids is 1. The zero-order valence-electron chi connectivity index (χ0n) is 7.60. The fourth-order valence-electron chi connectivity index (χ4n) is 0.827. The molecule has 0 spiro atoms. The van der Waals surface area contributed by atoms with Crippen LogP contribution in [0.15, 0.2) is 15.7 Å². The Labute approximate surface area is 79.7 Å². The van der Waals surface area contributed by atoms with Gasteiger partial charge in [-0.15, -0.1) is 0 Å². The van der Waals surface area contributed by atoms with Crippen molar-refractivity contribution in [2.75, 3.05) is 11.9 Å². The first kappa shape index (κ1) is 10.1. The molecule has 0 aliphatic carbocycles. The number of amides is 1. The van der Waals surface area contributed by atoms with Crippen LogP contribution in [-0.4, -0.2) is 17.6 Å². The number of nitrogens with zero attached hydrogens (tertiary/aromatic N) is 4. The van der Waals surface area contributed by atoms with Crippen LogP contribution in [0, 0.1) is 6.92 Å². The molecule has 0 fully saturated rings. The summed E-state index contributed by atoms with van der Waals surface area (Å²) in [6, 6.07) is 1.60. The van der Waals surface area contributed by atoms with Crippen LogP contribution in [-0.2, 0) is 4.79 Å². The minimum atomic E-state index is -0.259. The summed E-state index contributed by atoms with van der Waals surface area (Å²) in [6.45, 7) is 1.86. The summed E-state index contributed by atoms with van der Waals surface area (Å²) in [6.07, 6.45) is 0.135.